The van der Waals surface area contributed by atoms with Crippen LogP contribution in [0.3, 0.4) is 0 Å². The Hall–Kier alpha value is -1.35. The monoisotopic (exact) mass is 276 g/mol. The number of ether oxygens (including phenoxy) is 2. The second kappa shape index (κ2) is 6.89. The van der Waals surface area contributed by atoms with E-state index < -0.39 is 11.7 Å². The van der Waals surface area contributed by atoms with Gasteiger partial charge in [-0.3, -0.25) is 0 Å². The van der Waals surface area contributed by atoms with Crippen LogP contribution < -0.4 is 0 Å². The predicted octanol–water partition coefficient (Wildman–Crippen LogP) is 3.81. The van der Waals surface area contributed by atoms with E-state index in [-0.39, 0.29) is 5.97 Å². The van der Waals surface area contributed by atoms with Gasteiger partial charge in [-0.1, -0.05) is 63.4 Å². The van der Waals surface area contributed by atoms with Crippen molar-refractivity contribution in [1.29, 1.82) is 0 Å². The van der Waals surface area contributed by atoms with Crippen molar-refractivity contribution < 1.29 is 14.3 Å². The Morgan fingerprint density at radius 2 is 1.95 bits per heavy atom. The van der Waals surface area contributed by atoms with Crippen molar-refractivity contribution in [3.05, 3.63) is 35.9 Å². The minimum absolute atomic E-state index is 0.216. The first-order valence-corrected chi connectivity index (χ1v) is 7.64. The van der Waals surface area contributed by atoms with Gasteiger partial charge in [0.05, 0.1) is 6.61 Å². The van der Waals surface area contributed by atoms with E-state index in [4.69, 9.17) is 9.47 Å². The molecule has 0 amide bonds. The zero-order valence-electron chi connectivity index (χ0n) is 12.4. The minimum Gasteiger partial charge on any atom is -0.464 e. The molecule has 1 aromatic carbocycles. The van der Waals surface area contributed by atoms with E-state index in [0.717, 1.165) is 24.8 Å². The van der Waals surface area contributed by atoms with Crippen LogP contribution in [-0.4, -0.2) is 18.7 Å². The first-order chi connectivity index (χ1) is 9.74. The van der Waals surface area contributed by atoms with Gasteiger partial charge in [0.25, 0.3) is 0 Å². The Morgan fingerprint density at radius 3 is 2.60 bits per heavy atom. The van der Waals surface area contributed by atoms with Gasteiger partial charge in [-0.15, -0.1) is 0 Å². The number of carbonyl (C=O) groups is 1. The molecule has 2 atom stereocenters. The highest BCUT2D eigenvalue weighted by Crippen LogP contribution is 2.49. The summed E-state index contributed by atoms with van der Waals surface area (Å²) >= 11 is 0. The molecule has 1 aromatic rings. The standard InChI is InChI=1S/C17H24O3/c1-3-5-6-10-13-19-16(18)15-17(4-2,20-15)14-11-8-7-9-12-14/h7-9,11-12,15H,3-6,10,13H2,1-2H3/t15-,17+/m0/s1. The third-order valence-corrected chi connectivity index (χ3v) is 3.94. The quantitative estimate of drug-likeness (QED) is 0.411. The molecule has 1 heterocycles. The van der Waals surface area contributed by atoms with Gasteiger partial charge in [0.2, 0.25) is 0 Å². The number of esters is 1. The molecule has 2 rings (SSSR count). The lowest BCUT2D eigenvalue weighted by Crippen LogP contribution is -2.21. The van der Waals surface area contributed by atoms with Crippen LogP contribution in [0.15, 0.2) is 30.3 Å². The van der Waals surface area contributed by atoms with E-state index in [2.05, 4.69) is 6.92 Å². The zero-order chi connectivity index (χ0) is 14.4. The van der Waals surface area contributed by atoms with Crippen LogP contribution in [0.1, 0.15) is 51.5 Å². The molecule has 20 heavy (non-hydrogen) atoms. The van der Waals surface area contributed by atoms with E-state index in [9.17, 15) is 4.79 Å². The average Bonchev–Trinajstić information content (AvgIpc) is 3.24. The number of unbranched alkanes of at least 4 members (excludes halogenated alkanes) is 3. The summed E-state index contributed by atoms with van der Waals surface area (Å²) < 4.78 is 11.0. The Kier molecular flexibility index (Phi) is 5.18. The highest BCUT2D eigenvalue weighted by Gasteiger charge is 2.61. The maximum Gasteiger partial charge on any atom is 0.338 e. The summed E-state index contributed by atoms with van der Waals surface area (Å²) in [5, 5.41) is 0. The van der Waals surface area contributed by atoms with E-state index >= 15 is 0 Å². The van der Waals surface area contributed by atoms with Crippen molar-refractivity contribution in [2.24, 2.45) is 0 Å². The number of hydrogen-bond donors (Lipinski definition) is 0. The molecule has 0 unspecified atom stereocenters. The second-order valence-electron chi connectivity index (χ2n) is 5.34. The van der Waals surface area contributed by atoms with Gasteiger partial charge in [0.1, 0.15) is 5.60 Å². The van der Waals surface area contributed by atoms with Gasteiger partial charge < -0.3 is 9.47 Å². The molecular weight excluding hydrogens is 252 g/mol. The topological polar surface area (TPSA) is 38.8 Å². The Balaban J connectivity index is 1.84. The van der Waals surface area contributed by atoms with Crippen molar-refractivity contribution in [2.75, 3.05) is 6.61 Å². The molecule has 0 N–H and O–H groups in total. The number of rotatable bonds is 8. The first kappa shape index (κ1) is 15.0. The number of epoxide rings is 1. The van der Waals surface area contributed by atoms with Crippen LogP contribution in [0.5, 0.6) is 0 Å². The lowest BCUT2D eigenvalue weighted by Gasteiger charge is -2.10. The van der Waals surface area contributed by atoms with Crippen molar-refractivity contribution in [3.8, 4) is 0 Å². The lowest BCUT2D eigenvalue weighted by molar-refractivity contribution is -0.145. The molecule has 1 fully saturated rings. The van der Waals surface area contributed by atoms with E-state index in [1.165, 1.54) is 12.8 Å². The van der Waals surface area contributed by atoms with Gasteiger partial charge in [0.15, 0.2) is 6.10 Å². The molecular formula is C17H24O3. The molecule has 0 aromatic heterocycles. The summed E-state index contributed by atoms with van der Waals surface area (Å²) in [5.41, 5.74) is 0.609. The summed E-state index contributed by atoms with van der Waals surface area (Å²) in [4.78, 5) is 12.0. The van der Waals surface area contributed by atoms with Crippen molar-refractivity contribution in [3.63, 3.8) is 0 Å². The molecule has 1 saturated heterocycles. The average molecular weight is 276 g/mol. The van der Waals surface area contributed by atoms with Crippen LogP contribution in [0, 0.1) is 0 Å². The largest absolute Gasteiger partial charge is 0.464 e. The van der Waals surface area contributed by atoms with Crippen LogP contribution in [0.2, 0.25) is 0 Å². The fourth-order valence-corrected chi connectivity index (χ4v) is 2.60. The summed E-state index contributed by atoms with van der Waals surface area (Å²) in [7, 11) is 0. The maximum atomic E-state index is 12.0. The third kappa shape index (κ3) is 3.21. The van der Waals surface area contributed by atoms with Crippen molar-refractivity contribution in [2.45, 2.75) is 57.7 Å². The fraction of sp³-hybridized carbons (Fsp3) is 0.588. The number of benzene rings is 1. The van der Waals surface area contributed by atoms with Gasteiger partial charge in [0, 0.05) is 0 Å². The van der Waals surface area contributed by atoms with Crippen LogP contribution >= 0.6 is 0 Å². The Morgan fingerprint density at radius 1 is 1.20 bits per heavy atom. The smallest absolute Gasteiger partial charge is 0.338 e. The Labute approximate surface area is 121 Å². The Bertz CT molecular complexity index is 429. The molecule has 3 heteroatoms. The molecule has 3 nitrogen and oxygen atoms in total. The van der Waals surface area contributed by atoms with Gasteiger partial charge in [-0.05, 0) is 18.4 Å². The molecule has 0 bridgehead atoms. The molecule has 0 radical (unpaired) electrons. The molecule has 110 valence electrons. The fourth-order valence-electron chi connectivity index (χ4n) is 2.60. The zero-order valence-corrected chi connectivity index (χ0v) is 12.4. The van der Waals surface area contributed by atoms with Crippen LogP contribution in [-0.2, 0) is 19.9 Å². The normalized spacial score (nSPS) is 24.4. The van der Waals surface area contributed by atoms with E-state index in [1.807, 2.05) is 37.3 Å². The van der Waals surface area contributed by atoms with Crippen molar-refractivity contribution >= 4 is 5.97 Å². The maximum absolute atomic E-state index is 12.0. The summed E-state index contributed by atoms with van der Waals surface area (Å²) in [6.45, 7) is 4.72. The third-order valence-electron chi connectivity index (χ3n) is 3.94. The van der Waals surface area contributed by atoms with E-state index in [0.29, 0.717) is 6.61 Å². The minimum atomic E-state index is -0.457. The van der Waals surface area contributed by atoms with Crippen LogP contribution in [0.25, 0.3) is 0 Å². The van der Waals surface area contributed by atoms with E-state index in [1.54, 1.807) is 0 Å². The molecule has 0 spiro atoms. The van der Waals surface area contributed by atoms with Crippen molar-refractivity contribution in [1.82, 2.24) is 0 Å². The first-order valence-electron chi connectivity index (χ1n) is 7.64. The highest BCUT2D eigenvalue weighted by atomic mass is 16.7. The van der Waals surface area contributed by atoms with Gasteiger partial charge >= 0.3 is 5.97 Å². The SMILES string of the molecule is CCCCCCOC(=O)[C@@H]1O[C@]1(CC)c1ccccc1. The predicted molar refractivity (Wildman–Crippen MR) is 78.4 cm³/mol. The summed E-state index contributed by atoms with van der Waals surface area (Å²) in [5.74, 6) is -0.216. The van der Waals surface area contributed by atoms with Crippen LogP contribution in [0.4, 0.5) is 0 Å². The number of carbonyl (C=O) groups excluding carboxylic acids is 1. The molecule has 1 aliphatic rings. The number of hydrogen-bond acceptors (Lipinski definition) is 3. The molecule has 1 aliphatic heterocycles. The van der Waals surface area contributed by atoms with Gasteiger partial charge in [-0.25, -0.2) is 4.79 Å². The molecule has 0 saturated carbocycles. The van der Waals surface area contributed by atoms with Gasteiger partial charge in [-0.2, -0.15) is 0 Å². The highest BCUT2D eigenvalue weighted by molar-refractivity contribution is 5.80. The summed E-state index contributed by atoms with van der Waals surface area (Å²) in [6.07, 6.45) is 4.80. The summed E-state index contributed by atoms with van der Waals surface area (Å²) in [6, 6.07) is 9.94. The second-order valence-corrected chi connectivity index (χ2v) is 5.34. The molecule has 0 aliphatic carbocycles. The lowest BCUT2D eigenvalue weighted by atomic mass is 9.93.